The summed E-state index contributed by atoms with van der Waals surface area (Å²) >= 11 is 4.34. The number of phenols is 1. The second-order valence-electron chi connectivity index (χ2n) is 7.42. The molecule has 0 saturated heterocycles. The zero-order valence-corrected chi connectivity index (χ0v) is 18.9. The molecule has 2 aromatic heterocycles. The molecule has 5 aromatic rings. The number of pyridine rings is 1. The molecule has 3 aromatic carbocycles. The third kappa shape index (κ3) is 4.04. The largest absolute Gasteiger partial charge is 0.504 e. The number of aromatic hydroxyl groups is 1. The number of rotatable bonds is 4. The number of phenolic OH excluding ortho intramolecular Hbond substituents is 1. The quantitative estimate of drug-likeness (QED) is 0.303. The molecule has 2 heterocycles. The number of nitrogens with one attached hydrogen (secondary N) is 1. The molecule has 0 radical (unpaired) electrons. The minimum absolute atomic E-state index is 0.0389. The number of benzene rings is 3. The highest BCUT2D eigenvalue weighted by molar-refractivity contribution is 7.82. The molecule has 0 bridgehead atoms. The van der Waals surface area contributed by atoms with E-state index in [1.54, 1.807) is 24.3 Å². The van der Waals surface area contributed by atoms with Gasteiger partial charge in [0.15, 0.2) is 23.0 Å². The number of thiol groups is 1. The van der Waals surface area contributed by atoms with Gasteiger partial charge in [-0.3, -0.25) is 0 Å². The van der Waals surface area contributed by atoms with E-state index in [2.05, 4.69) is 33.1 Å². The summed E-state index contributed by atoms with van der Waals surface area (Å²) in [4.78, 5) is 26.3. The van der Waals surface area contributed by atoms with Gasteiger partial charge in [0.1, 0.15) is 5.52 Å². The van der Waals surface area contributed by atoms with Crippen molar-refractivity contribution in [1.82, 2.24) is 15.0 Å². The second kappa shape index (κ2) is 8.87. The van der Waals surface area contributed by atoms with Crippen LogP contribution in [0.4, 0.5) is 16.3 Å². The van der Waals surface area contributed by atoms with E-state index in [4.69, 9.17) is 4.74 Å². The van der Waals surface area contributed by atoms with Crippen LogP contribution in [0, 0.1) is 0 Å². The number of amides is 2. The maximum Gasteiger partial charge on any atom is 0.337 e. The first-order chi connectivity index (χ1) is 16.5. The minimum atomic E-state index is -0.479. The Balaban J connectivity index is 1.44. The fraction of sp³-hybridized carbons (Fsp3) is 0.0400. The number of methoxy groups -OCH3 is 1. The van der Waals surface area contributed by atoms with Crippen molar-refractivity contribution in [3.8, 4) is 22.8 Å². The maximum atomic E-state index is 12.9. The number of carbonyl (C=O) groups is 1. The van der Waals surface area contributed by atoms with Crippen molar-refractivity contribution in [2.24, 2.45) is 0 Å². The molecule has 8 nitrogen and oxygen atoms in total. The van der Waals surface area contributed by atoms with E-state index in [0.29, 0.717) is 28.3 Å². The van der Waals surface area contributed by atoms with Gasteiger partial charge in [-0.25, -0.2) is 24.1 Å². The summed E-state index contributed by atoms with van der Waals surface area (Å²) in [5.41, 5.74) is 2.93. The fourth-order valence-corrected chi connectivity index (χ4v) is 3.74. The number of anilines is 2. The standard InChI is InChI=1S/C25H19N5O3S/c1-33-22-13-16(9-12-21(22)31)18-10-11-20-24(27-18)29-23(14-26-20)30(34)25(32)28-19-8-4-6-15-5-2-3-7-17(15)19/h2-14,31,34H,1H3,(H,28,32). The number of nitrogens with zero attached hydrogens (tertiary/aromatic N) is 4. The van der Waals surface area contributed by atoms with E-state index >= 15 is 0 Å². The van der Waals surface area contributed by atoms with Crippen molar-refractivity contribution in [3.63, 3.8) is 0 Å². The van der Waals surface area contributed by atoms with Gasteiger partial charge in [0.2, 0.25) is 0 Å². The lowest BCUT2D eigenvalue weighted by Crippen LogP contribution is -2.27. The number of carbonyl (C=O) groups excluding carboxylic acids is 1. The molecule has 0 unspecified atom stereocenters. The van der Waals surface area contributed by atoms with Crippen LogP contribution in [0.1, 0.15) is 0 Å². The smallest absolute Gasteiger partial charge is 0.337 e. The topological polar surface area (TPSA) is 100 Å². The van der Waals surface area contributed by atoms with Crippen molar-refractivity contribution in [2.75, 3.05) is 16.7 Å². The van der Waals surface area contributed by atoms with Crippen LogP contribution in [0.3, 0.4) is 0 Å². The Bertz CT molecular complexity index is 1540. The summed E-state index contributed by atoms with van der Waals surface area (Å²) in [6, 6.07) is 21.5. The van der Waals surface area contributed by atoms with Crippen molar-refractivity contribution < 1.29 is 14.6 Å². The van der Waals surface area contributed by atoms with E-state index in [1.807, 2.05) is 42.5 Å². The summed E-state index contributed by atoms with van der Waals surface area (Å²) in [6.07, 6.45) is 1.46. The van der Waals surface area contributed by atoms with Crippen LogP contribution in [0.25, 0.3) is 33.2 Å². The van der Waals surface area contributed by atoms with Gasteiger partial charge in [-0.15, -0.1) is 0 Å². The van der Waals surface area contributed by atoms with E-state index in [1.165, 1.54) is 19.4 Å². The van der Waals surface area contributed by atoms with Gasteiger partial charge in [-0.2, -0.15) is 0 Å². The molecule has 2 amide bonds. The maximum absolute atomic E-state index is 12.9. The van der Waals surface area contributed by atoms with Crippen LogP contribution in [-0.2, 0) is 0 Å². The Labute approximate surface area is 200 Å². The number of ether oxygens (including phenoxy) is 1. The van der Waals surface area contributed by atoms with E-state index in [9.17, 15) is 9.90 Å². The predicted octanol–water partition coefficient (Wildman–Crippen LogP) is 5.44. The molecule has 34 heavy (non-hydrogen) atoms. The lowest BCUT2D eigenvalue weighted by atomic mass is 10.1. The molecule has 0 aliphatic heterocycles. The Hall–Kier alpha value is -4.37. The van der Waals surface area contributed by atoms with Crippen molar-refractivity contribution in [2.45, 2.75) is 0 Å². The zero-order valence-electron chi connectivity index (χ0n) is 18.0. The monoisotopic (exact) mass is 469 g/mol. The van der Waals surface area contributed by atoms with E-state index < -0.39 is 6.03 Å². The normalized spacial score (nSPS) is 10.9. The fourth-order valence-electron chi connectivity index (χ4n) is 3.60. The Morgan fingerprint density at radius 2 is 1.85 bits per heavy atom. The Morgan fingerprint density at radius 3 is 2.71 bits per heavy atom. The molecular weight excluding hydrogens is 450 g/mol. The average Bonchev–Trinajstić information content (AvgIpc) is 2.88. The van der Waals surface area contributed by atoms with Crippen LogP contribution in [0.15, 0.2) is 79.0 Å². The summed E-state index contributed by atoms with van der Waals surface area (Å²) in [6.45, 7) is 0. The highest BCUT2D eigenvalue weighted by atomic mass is 32.1. The lowest BCUT2D eigenvalue weighted by molar-refractivity contribution is 0.260. The molecule has 2 N–H and O–H groups in total. The molecule has 0 saturated carbocycles. The Morgan fingerprint density at radius 1 is 1.03 bits per heavy atom. The number of fused-ring (bicyclic) bond motifs is 2. The van der Waals surface area contributed by atoms with Crippen LogP contribution in [-0.4, -0.2) is 33.2 Å². The van der Waals surface area contributed by atoms with Gasteiger partial charge < -0.3 is 15.2 Å². The molecule has 9 heteroatoms. The summed E-state index contributed by atoms with van der Waals surface area (Å²) in [5, 5.41) is 14.6. The highest BCUT2D eigenvalue weighted by Crippen LogP contribution is 2.31. The predicted molar refractivity (Wildman–Crippen MR) is 135 cm³/mol. The molecule has 0 atom stereocenters. The average molecular weight is 470 g/mol. The summed E-state index contributed by atoms with van der Waals surface area (Å²) in [7, 11) is 1.48. The van der Waals surface area contributed by atoms with Gasteiger partial charge >= 0.3 is 6.03 Å². The zero-order chi connectivity index (χ0) is 23.7. The first-order valence-corrected chi connectivity index (χ1v) is 10.7. The number of aromatic nitrogens is 3. The van der Waals surface area contributed by atoms with E-state index in [-0.39, 0.29) is 11.6 Å². The van der Waals surface area contributed by atoms with Crippen molar-refractivity contribution in [3.05, 3.63) is 79.0 Å². The first kappa shape index (κ1) is 21.5. The van der Waals surface area contributed by atoms with Gasteiger partial charge in [0, 0.05) is 10.9 Å². The third-order valence-electron chi connectivity index (χ3n) is 5.31. The number of hydrogen-bond donors (Lipinski definition) is 3. The van der Waals surface area contributed by atoms with Crippen LogP contribution in [0.5, 0.6) is 11.5 Å². The van der Waals surface area contributed by atoms with Crippen molar-refractivity contribution >= 4 is 52.3 Å². The lowest BCUT2D eigenvalue weighted by Gasteiger charge is -2.16. The molecule has 0 aliphatic rings. The molecule has 0 aliphatic carbocycles. The van der Waals surface area contributed by atoms with Crippen molar-refractivity contribution in [1.29, 1.82) is 0 Å². The van der Waals surface area contributed by atoms with Gasteiger partial charge in [-0.1, -0.05) is 49.2 Å². The van der Waals surface area contributed by atoms with E-state index in [0.717, 1.165) is 20.6 Å². The SMILES string of the molecule is COc1cc(-c2ccc3ncc(N(S)C(=O)Nc4cccc5ccccc45)nc3n2)ccc1O. The molecule has 5 rings (SSSR count). The summed E-state index contributed by atoms with van der Waals surface area (Å²) < 4.78 is 6.27. The highest BCUT2D eigenvalue weighted by Gasteiger charge is 2.17. The summed E-state index contributed by atoms with van der Waals surface area (Å²) in [5.74, 6) is 0.601. The number of urea groups is 1. The second-order valence-corrected chi connectivity index (χ2v) is 7.82. The van der Waals surface area contributed by atoms with Gasteiger partial charge in [0.25, 0.3) is 0 Å². The van der Waals surface area contributed by atoms with Gasteiger partial charge in [-0.05, 0) is 41.8 Å². The minimum Gasteiger partial charge on any atom is -0.504 e. The first-order valence-electron chi connectivity index (χ1n) is 10.3. The number of hydrogen-bond acceptors (Lipinski definition) is 7. The third-order valence-corrected chi connectivity index (χ3v) is 5.70. The molecule has 168 valence electrons. The van der Waals surface area contributed by atoms with Gasteiger partial charge in [0.05, 0.1) is 24.7 Å². The molecule has 0 spiro atoms. The molecule has 0 fully saturated rings. The Kier molecular flexibility index (Phi) is 5.60. The van der Waals surface area contributed by atoms with Crippen LogP contribution < -0.4 is 14.4 Å². The molecular formula is C25H19N5O3S. The van der Waals surface area contributed by atoms with Crippen LogP contribution >= 0.6 is 12.8 Å². The van der Waals surface area contributed by atoms with Crippen LogP contribution in [0.2, 0.25) is 0 Å².